The van der Waals surface area contributed by atoms with Crippen LogP contribution in [0.2, 0.25) is 0 Å². The van der Waals surface area contributed by atoms with Crippen molar-refractivity contribution in [2.75, 3.05) is 11.9 Å². The molecule has 0 aliphatic carbocycles. The van der Waals surface area contributed by atoms with Gasteiger partial charge in [0.15, 0.2) is 5.82 Å². The maximum Gasteiger partial charge on any atom is 0.408 e. The number of nitrogens with zero attached hydrogens (tertiary/aromatic N) is 3. The third kappa shape index (κ3) is 8.22. The summed E-state index contributed by atoms with van der Waals surface area (Å²) in [5, 5.41) is 21.4. The van der Waals surface area contributed by atoms with Gasteiger partial charge in [0, 0.05) is 25.4 Å². The van der Waals surface area contributed by atoms with Crippen molar-refractivity contribution in [3.63, 3.8) is 0 Å². The Bertz CT molecular complexity index is 1390. The number of aliphatic carboxylic acids is 1. The SMILES string of the molecule is CC(NC(=O)c1cc(F)c(-c2cnn(C)c2)nc1NCCc1cccc(F)c1)[C@@H](NC(=O)OC(C)(C)C)C(=O)O. The topological polar surface area (TPSA) is 147 Å². The summed E-state index contributed by atoms with van der Waals surface area (Å²) in [7, 11) is 1.66. The highest BCUT2D eigenvalue weighted by molar-refractivity contribution is 5.99. The number of anilines is 1. The summed E-state index contributed by atoms with van der Waals surface area (Å²) < 4.78 is 35.3. The molecule has 2 atom stereocenters. The lowest BCUT2D eigenvalue weighted by Gasteiger charge is -2.25. The first-order valence-electron chi connectivity index (χ1n) is 12.4. The van der Waals surface area contributed by atoms with Crippen LogP contribution in [0.3, 0.4) is 0 Å². The summed E-state index contributed by atoms with van der Waals surface area (Å²) in [6.45, 7) is 6.45. The zero-order valence-corrected chi connectivity index (χ0v) is 22.8. The van der Waals surface area contributed by atoms with E-state index in [0.717, 1.165) is 6.07 Å². The standard InChI is InChI=1S/C27H32F2N6O5/c1-15(21(25(37)38)34-26(39)40-27(2,3)4)32-24(36)19-12-20(29)22(17-13-31-35(5)14-17)33-23(19)30-10-9-16-7-6-8-18(28)11-16/h6-8,11-15,21H,9-10H2,1-5H3,(H,30,33)(H,32,36)(H,34,39)(H,37,38)/t15?,21-/m1/s1. The van der Waals surface area contributed by atoms with Crippen LogP contribution in [0.25, 0.3) is 11.3 Å². The van der Waals surface area contributed by atoms with Gasteiger partial charge in [-0.2, -0.15) is 5.10 Å². The van der Waals surface area contributed by atoms with Gasteiger partial charge in [-0.1, -0.05) is 12.1 Å². The molecule has 0 aliphatic rings. The van der Waals surface area contributed by atoms with Gasteiger partial charge in [0.05, 0.1) is 17.8 Å². The largest absolute Gasteiger partial charge is 0.480 e. The number of halogens is 2. The summed E-state index contributed by atoms with van der Waals surface area (Å²) >= 11 is 0. The lowest BCUT2D eigenvalue weighted by Crippen LogP contribution is -2.55. The zero-order chi connectivity index (χ0) is 29.6. The minimum absolute atomic E-state index is 0.0216. The van der Waals surface area contributed by atoms with E-state index in [4.69, 9.17) is 4.74 Å². The number of ether oxygens (including phenoxy) is 1. The number of alkyl carbamates (subject to hydrolysis) is 1. The molecule has 1 aromatic carbocycles. The number of aryl methyl sites for hydroxylation is 1. The number of hydrogen-bond donors (Lipinski definition) is 4. The molecule has 11 nitrogen and oxygen atoms in total. The van der Waals surface area contributed by atoms with Gasteiger partial charge < -0.3 is 25.8 Å². The molecule has 0 saturated heterocycles. The Morgan fingerprint density at radius 3 is 2.48 bits per heavy atom. The summed E-state index contributed by atoms with van der Waals surface area (Å²) in [4.78, 5) is 41.6. The Balaban J connectivity index is 1.85. The van der Waals surface area contributed by atoms with Crippen molar-refractivity contribution in [3.8, 4) is 11.3 Å². The molecular formula is C27H32F2N6O5. The molecule has 0 aliphatic heterocycles. The molecule has 0 fully saturated rings. The maximum atomic E-state index is 15.2. The second-order valence-corrected chi connectivity index (χ2v) is 10.1. The van der Waals surface area contributed by atoms with Crippen LogP contribution in [0.5, 0.6) is 0 Å². The van der Waals surface area contributed by atoms with Gasteiger partial charge >= 0.3 is 12.1 Å². The summed E-state index contributed by atoms with van der Waals surface area (Å²) in [6, 6.07) is 4.33. The third-order valence-electron chi connectivity index (χ3n) is 5.59. The van der Waals surface area contributed by atoms with Gasteiger partial charge in [-0.15, -0.1) is 0 Å². The van der Waals surface area contributed by atoms with Gasteiger partial charge in [-0.3, -0.25) is 9.48 Å². The molecule has 0 bridgehead atoms. The zero-order valence-electron chi connectivity index (χ0n) is 22.8. The molecule has 0 saturated carbocycles. The van der Waals surface area contributed by atoms with Gasteiger partial charge in [-0.05, 0) is 57.9 Å². The molecule has 4 N–H and O–H groups in total. The van der Waals surface area contributed by atoms with Gasteiger partial charge in [0.25, 0.3) is 5.91 Å². The van der Waals surface area contributed by atoms with Crippen molar-refractivity contribution in [2.45, 2.75) is 51.8 Å². The Labute approximate surface area is 229 Å². The Morgan fingerprint density at radius 1 is 1.15 bits per heavy atom. The van der Waals surface area contributed by atoms with Crippen LogP contribution >= 0.6 is 0 Å². The van der Waals surface area contributed by atoms with Crippen LogP contribution in [0.1, 0.15) is 43.6 Å². The Kier molecular flexibility index (Phi) is 9.40. The van der Waals surface area contributed by atoms with Gasteiger partial charge in [-0.25, -0.2) is 23.4 Å². The number of carboxylic acids is 1. The highest BCUT2D eigenvalue weighted by Gasteiger charge is 2.31. The fourth-order valence-corrected chi connectivity index (χ4v) is 3.76. The first kappa shape index (κ1) is 30.0. The van der Waals surface area contributed by atoms with Gasteiger partial charge in [0.2, 0.25) is 0 Å². The second-order valence-electron chi connectivity index (χ2n) is 10.1. The number of carboxylic acid groups (broad SMARTS) is 1. The van der Waals surface area contributed by atoms with E-state index in [2.05, 4.69) is 26.0 Å². The van der Waals surface area contributed by atoms with Crippen molar-refractivity contribution in [2.24, 2.45) is 7.05 Å². The van der Waals surface area contributed by atoms with E-state index in [1.807, 2.05) is 0 Å². The highest BCUT2D eigenvalue weighted by atomic mass is 19.1. The lowest BCUT2D eigenvalue weighted by molar-refractivity contribution is -0.140. The number of hydrogen-bond acceptors (Lipinski definition) is 7. The van der Waals surface area contributed by atoms with Crippen LogP contribution < -0.4 is 16.0 Å². The molecule has 2 aromatic heterocycles. The molecule has 0 spiro atoms. The maximum absolute atomic E-state index is 15.2. The van der Waals surface area contributed by atoms with E-state index >= 15 is 4.39 Å². The fraction of sp³-hybridized carbons (Fsp3) is 0.370. The molecule has 0 radical (unpaired) electrons. The summed E-state index contributed by atoms with van der Waals surface area (Å²) in [5.41, 5.74) is -0.0517. The first-order valence-corrected chi connectivity index (χ1v) is 12.4. The van der Waals surface area contributed by atoms with Crippen LogP contribution in [-0.2, 0) is 23.0 Å². The van der Waals surface area contributed by atoms with E-state index in [0.29, 0.717) is 17.5 Å². The predicted molar refractivity (Wildman–Crippen MR) is 143 cm³/mol. The number of benzene rings is 1. The van der Waals surface area contributed by atoms with E-state index in [-0.39, 0.29) is 23.6 Å². The van der Waals surface area contributed by atoms with E-state index in [1.165, 1.54) is 29.9 Å². The number of carbonyl (C=O) groups excluding carboxylic acids is 2. The molecule has 3 aromatic rings. The molecule has 13 heteroatoms. The molecule has 2 heterocycles. The minimum atomic E-state index is -1.55. The third-order valence-corrected chi connectivity index (χ3v) is 5.59. The molecule has 214 valence electrons. The van der Waals surface area contributed by atoms with E-state index in [9.17, 15) is 23.9 Å². The van der Waals surface area contributed by atoms with Crippen LogP contribution in [-0.4, -0.2) is 62.1 Å². The average Bonchev–Trinajstić information content (AvgIpc) is 3.27. The normalized spacial score (nSPS) is 12.8. The van der Waals surface area contributed by atoms with Crippen LogP contribution in [0.4, 0.5) is 19.4 Å². The Hall–Kier alpha value is -4.55. The van der Waals surface area contributed by atoms with Crippen molar-refractivity contribution in [3.05, 3.63) is 65.5 Å². The first-order chi connectivity index (χ1) is 18.7. The predicted octanol–water partition coefficient (Wildman–Crippen LogP) is 3.51. The monoisotopic (exact) mass is 558 g/mol. The minimum Gasteiger partial charge on any atom is -0.480 e. The highest BCUT2D eigenvalue weighted by Crippen LogP contribution is 2.25. The number of pyridine rings is 1. The molecule has 3 rings (SSSR count). The molecular weight excluding hydrogens is 526 g/mol. The number of amides is 2. The second kappa shape index (κ2) is 12.5. The van der Waals surface area contributed by atoms with E-state index in [1.54, 1.807) is 46.1 Å². The van der Waals surface area contributed by atoms with Crippen LogP contribution in [0.15, 0.2) is 42.7 Å². The molecule has 1 unspecified atom stereocenters. The molecule has 2 amide bonds. The number of carbonyl (C=O) groups is 3. The van der Waals surface area contributed by atoms with Gasteiger partial charge in [0.1, 0.15) is 29.0 Å². The van der Waals surface area contributed by atoms with Crippen molar-refractivity contribution in [1.29, 1.82) is 0 Å². The number of aromatic nitrogens is 3. The van der Waals surface area contributed by atoms with Crippen molar-refractivity contribution < 1.29 is 33.0 Å². The lowest BCUT2D eigenvalue weighted by atomic mass is 10.1. The van der Waals surface area contributed by atoms with E-state index < -0.39 is 47.3 Å². The van der Waals surface area contributed by atoms with Crippen LogP contribution in [0, 0.1) is 11.6 Å². The summed E-state index contributed by atoms with van der Waals surface area (Å²) in [6.07, 6.45) is 2.37. The summed E-state index contributed by atoms with van der Waals surface area (Å²) in [5.74, 6) is -3.42. The fourth-order valence-electron chi connectivity index (χ4n) is 3.76. The Morgan fingerprint density at radius 2 is 1.88 bits per heavy atom. The molecule has 40 heavy (non-hydrogen) atoms. The number of nitrogens with one attached hydrogen (secondary N) is 3. The average molecular weight is 559 g/mol. The quantitative estimate of drug-likeness (QED) is 0.296. The smallest absolute Gasteiger partial charge is 0.408 e. The van der Waals surface area contributed by atoms with Crippen molar-refractivity contribution in [1.82, 2.24) is 25.4 Å². The number of rotatable bonds is 10. The van der Waals surface area contributed by atoms with Crippen molar-refractivity contribution >= 4 is 23.8 Å².